The number of rotatable bonds is 8. The number of carbonyl (C=O) groups is 1. The summed E-state index contributed by atoms with van der Waals surface area (Å²) in [7, 11) is 0. The van der Waals surface area contributed by atoms with Crippen LogP contribution in [-0.2, 0) is 6.54 Å². The third-order valence-electron chi connectivity index (χ3n) is 2.82. The molecule has 0 atom stereocenters. The lowest BCUT2D eigenvalue weighted by molar-refractivity contribution is 0.0695. The molecule has 0 saturated carbocycles. The standard InChI is InChI=1S/C13H21NO4/c1-3-4-5-14(6-7-15)9-11-8-12(13(16)17)10(2)18-11/h8,15H,3-7,9H2,1-2H3,(H,16,17). The predicted octanol–water partition coefficient (Wildman–Crippen LogP) is 1.88. The molecule has 0 aliphatic carbocycles. The van der Waals surface area contributed by atoms with Gasteiger partial charge in [-0.2, -0.15) is 0 Å². The molecule has 0 aliphatic rings. The molecule has 5 heteroatoms. The van der Waals surface area contributed by atoms with Crippen molar-refractivity contribution < 1.29 is 19.4 Å². The molecule has 18 heavy (non-hydrogen) atoms. The summed E-state index contributed by atoms with van der Waals surface area (Å²) in [5, 5.41) is 17.9. The van der Waals surface area contributed by atoms with Crippen molar-refractivity contribution in [3.8, 4) is 0 Å². The molecule has 2 N–H and O–H groups in total. The van der Waals surface area contributed by atoms with Gasteiger partial charge in [0.2, 0.25) is 0 Å². The fraction of sp³-hybridized carbons (Fsp3) is 0.615. The van der Waals surface area contributed by atoms with Crippen LogP contribution in [0.5, 0.6) is 0 Å². The van der Waals surface area contributed by atoms with Gasteiger partial charge in [0.1, 0.15) is 17.1 Å². The number of nitrogens with zero attached hydrogens (tertiary/aromatic N) is 1. The Balaban J connectivity index is 2.68. The monoisotopic (exact) mass is 255 g/mol. The van der Waals surface area contributed by atoms with Gasteiger partial charge in [-0.15, -0.1) is 0 Å². The van der Waals surface area contributed by atoms with Gasteiger partial charge in [-0.1, -0.05) is 13.3 Å². The number of hydrogen-bond donors (Lipinski definition) is 2. The molecule has 1 heterocycles. The highest BCUT2D eigenvalue weighted by atomic mass is 16.4. The number of aliphatic hydroxyl groups excluding tert-OH is 1. The maximum atomic E-state index is 10.9. The summed E-state index contributed by atoms with van der Waals surface area (Å²) in [4.78, 5) is 13.0. The largest absolute Gasteiger partial charge is 0.478 e. The summed E-state index contributed by atoms with van der Waals surface area (Å²) >= 11 is 0. The molecule has 0 spiro atoms. The van der Waals surface area contributed by atoms with E-state index < -0.39 is 5.97 Å². The molecule has 1 aromatic rings. The Labute approximate surface area is 107 Å². The maximum Gasteiger partial charge on any atom is 0.339 e. The van der Waals surface area contributed by atoms with E-state index in [1.807, 2.05) is 0 Å². The van der Waals surface area contributed by atoms with Gasteiger partial charge in [0.05, 0.1) is 13.2 Å². The van der Waals surface area contributed by atoms with Crippen molar-refractivity contribution in [2.75, 3.05) is 19.7 Å². The SMILES string of the molecule is CCCCN(CCO)Cc1cc(C(=O)O)c(C)o1. The quantitative estimate of drug-likeness (QED) is 0.742. The zero-order valence-corrected chi connectivity index (χ0v) is 11.0. The number of carboxylic acid groups (broad SMARTS) is 1. The highest BCUT2D eigenvalue weighted by Gasteiger charge is 2.15. The van der Waals surface area contributed by atoms with E-state index in [4.69, 9.17) is 14.6 Å². The molecule has 0 amide bonds. The maximum absolute atomic E-state index is 10.9. The number of hydrogen-bond acceptors (Lipinski definition) is 4. The van der Waals surface area contributed by atoms with E-state index in [0.717, 1.165) is 19.4 Å². The molecule has 0 bridgehead atoms. The van der Waals surface area contributed by atoms with Crippen molar-refractivity contribution in [1.29, 1.82) is 0 Å². The molecule has 0 fully saturated rings. The summed E-state index contributed by atoms with van der Waals surface area (Å²) in [6, 6.07) is 1.56. The first kappa shape index (κ1) is 14.7. The summed E-state index contributed by atoms with van der Waals surface area (Å²) in [5.41, 5.74) is 0.212. The van der Waals surface area contributed by atoms with E-state index in [2.05, 4.69) is 11.8 Å². The minimum absolute atomic E-state index is 0.0925. The molecular formula is C13H21NO4. The van der Waals surface area contributed by atoms with Gasteiger partial charge in [-0.25, -0.2) is 4.79 Å². The second-order valence-corrected chi connectivity index (χ2v) is 4.34. The van der Waals surface area contributed by atoms with Crippen molar-refractivity contribution in [3.05, 3.63) is 23.2 Å². The smallest absolute Gasteiger partial charge is 0.339 e. The van der Waals surface area contributed by atoms with Crippen LogP contribution in [0.4, 0.5) is 0 Å². The van der Waals surface area contributed by atoms with Crippen LogP contribution < -0.4 is 0 Å². The summed E-state index contributed by atoms with van der Waals surface area (Å²) in [5.74, 6) is 0.0937. The van der Waals surface area contributed by atoms with E-state index in [1.165, 1.54) is 0 Å². The molecule has 1 rings (SSSR count). The Morgan fingerprint density at radius 2 is 2.17 bits per heavy atom. The second-order valence-electron chi connectivity index (χ2n) is 4.34. The van der Waals surface area contributed by atoms with E-state index in [-0.39, 0.29) is 12.2 Å². The number of aliphatic hydroxyl groups is 1. The van der Waals surface area contributed by atoms with Gasteiger partial charge in [0.15, 0.2) is 0 Å². The van der Waals surface area contributed by atoms with Crippen molar-refractivity contribution in [1.82, 2.24) is 4.90 Å². The second kappa shape index (κ2) is 7.18. The van der Waals surface area contributed by atoms with Gasteiger partial charge in [0, 0.05) is 6.54 Å². The zero-order valence-electron chi connectivity index (χ0n) is 11.0. The van der Waals surface area contributed by atoms with Gasteiger partial charge < -0.3 is 14.6 Å². The Hall–Kier alpha value is -1.33. The molecule has 0 aromatic carbocycles. The lowest BCUT2D eigenvalue weighted by atomic mass is 10.2. The van der Waals surface area contributed by atoms with Crippen LogP contribution in [0.1, 0.15) is 41.6 Å². The van der Waals surface area contributed by atoms with Crippen LogP contribution in [0, 0.1) is 6.92 Å². The van der Waals surface area contributed by atoms with Crippen LogP contribution in [0.25, 0.3) is 0 Å². The highest BCUT2D eigenvalue weighted by Crippen LogP contribution is 2.16. The Morgan fingerprint density at radius 1 is 1.44 bits per heavy atom. The molecule has 102 valence electrons. The van der Waals surface area contributed by atoms with Crippen LogP contribution in [0.15, 0.2) is 10.5 Å². The van der Waals surface area contributed by atoms with Crippen LogP contribution in [-0.4, -0.2) is 40.8 Å². The molecule has 0 saturated heterocycles. The minimum Gasteiger partial charge on any atom is -0.478 e. The van der Waals surface area contributed by atoms with Crippen molar-refractivity contribution in [3.63, 3.8) is 0 Å². The average molecular weight is 255 g/mol. The Morgan fingerprint density at radius 3 is 2.67 bits per heavy atom. The minimum atomic E-state index is -0.968. The first-order valence-electron chi connectivity index (χ1n) is 6.24. The van der Waals surface area contributed by atoms with Crippen LogP contribution in [0.2, 0.25) is 0 Å². The predicted molar refractivity (Wildman–Crippen MR) is 67.7 cm³/mol. The lowest BCUT2D eigenvalue weighted by Gasteiger charge is -2.19. The molecule has 0 unspecified atom stereocenters. The zero-order chi connectivity index (χ0) is 13.5. The highest BCUT2D eigenvalue weighted by molar-refractivity contribution is 5.88. The molecule has 1 aromatic heterocycles. The van der Waals surface area contributed by atoms with Crippen LogP contribution >= 0.6 is 0 Å². The van der Waals surface area contributed by atoms with E-state index in [0.29, 0.717) is 24.6 Å². The van der Waals surface area contributed by atoms with Crippen molar-refractivity contribution in [2.24, 2.45) is 0 Å². The van der Waals surface area contributed by atoms with E-state index in [1.54, 1.807) is 13.0 Å². The molecule has 5 nitrogen and oxygen atoms in total. The van der Waals surface area contributed by atoms with E-state index in [9.17, 15) is 4.79 Å². The van der Waals surface area contributed by atoms with Gasteiger partial charge >= 0.3 is 5.97 Å². The molecule has 0 radical (unpaired) electrons. The van der Waals surface area contributed by atoms with Crippen molar-refractivity contribution >= 4 is 5.97 Å². The molecule has 0 aliphatic heterocycles. The fourth-order valence-corrected chi connectivity index (χ4v) is 1.85. The van der Waals surface area contributed by atoms with Crippen molar-refractivity contribution in [2.45, 2.75) is 33.2 Å². The van der Waals surface area contributed by atoms with Gasteiger partial charge in [0.25, 0.3) is 0 Å². The van der Waals surface area contributed by atoms with Gasteiger partial charge in [-0.05, 0) is 26.0 Å². The third-order valence-corrected chi connectivity index (χ3v) is 2.82. The molecular weight excluding hydrogens is 234 g/mol. The number of carboxylic acids is 1. The number of unbranched alkanes of at least 4 members (excludes halogenated alkanes) is 1. The van der Waals surface area contributed by atoms with E-state index >= 15 is 0 Å². The number of furan rings is 1. The summed E-state index contributed by atoms with van der Waals surface area (Å²) in [6.45, 7) is 5.83. The fourth-order valence-electron chi connectivity index (χ4n) is 1.85. The normalized spacial score (nSPS) is 11.1. The lowest BCUT2D eigenvalue weighted by Crippen LogP contribution is -2.27. The summed E-state index contributed by atoms with van der Waals surface area (Å²) in [6.07, 6.45) is 2.13. The third kappa shape index (κ3) is 4.16. The average Bonchev–Trinajstić information content (AvgIpc) is 2.67. The Bertz CT molecular complexity index is 386. The van der Waals surface area contributed by atoms with Gasteiger partial charge in [-0.3, -0.25) is 4.90 Å². The summed E-state index contributed by atoms with van der Waals surface area (Å²) < 4.78 is 5.43. The Kier molecular flexibility index (Phi) is 5.88. The first-order valence-corrected chi connectivity index (χ1v) is 6.24. The number of aromatic carboxylic acids is 1. The first-order chi connectivity index (χ1) is 8.58. The van der Waals surface area contributed by atoms with Crippen LogP contribution in [0.3, 0.4) is 0 Å². The number of aryl methyl sites for hydroxylation is 1. The topological polar surface area (TPSA) is 73.9 Å².